The van der Waals surface area contributed by atoms with Crippen LogP contribution in [0.5, 0.6) is 0 Å². The Labute approximate surface area is 141 Å². The number of H-pyrrole nitrogens is 1. The van der Waals surface area contributed by atoms with E-state index in [1.54, 1.807) is 12.1 Å². The number of likely N-dealkylation sites (tertiary alicyclic amines) is 1. The summed E-state index contributed by atoms with van der Waals surface area (Å²) in [5.74, 6) is 0.196. The Hall–Kier alpha value is -1.92. The maximum atomic E-state index is 13.4. The molecule has 1 atom stereocenters. The van der Waals surface area contributed by atoms with Crippen molar-refractivity contribution < 1.29 is 13.9 Å². The van der Waals surface area contributed by atoms with Crippen LogP contribution in [0.25, 0.3) is 10.9 Å². The molecule has 0 aliphatic carbocycles. The number of carbonyl (C=O) groups excluding carboxylic acids is 1. The highest BCUT2D eigenvalue weighted by molar-refractivity contribution is 5.84. The van der Waals surface area contributed by atoms with Gasteiger partial charge in [0.25, 0.3) is 0 Å². The van der Waals surface area contributed by atoms with Crippen LogP contribution < -0.4 is 5.32 Å². The standard InChI is InChI=1S/C18H24FN3O2/c1-12-15-7-14(19)3-4-16(15)21-17(12)10-22-6-5-13(9-22)8-20-18(23)11-24-2/h3-4,7,13,21H,5-6,8-11H2,1-2H3,(H,20,23)/t13-/m0/s1. The predicted molar refractivity (Wildman–Crippen MR) is 91.3 cm³/mol. The average molecular weight is 333 g/mol. The van der Waals surface area contributed by atoms with Gasteiger partial charge in [-0.05, 0) is 49.6 Å². The van der Waals surface area contributed by atoms with Crippen molar-refractivity contribution >= 4 is 16.8 Å². The Morgan fingerprint density at radius 1 is 1.50 bits per heavy atom. The molecule has 0 spiro atoms. The van der Waals surface area contributed by atoms with E-state index >= 15 is 0 Å². The van der Waals surface area contributed by atoms with Crippen molar-refractivity contribution in [3.05, 3.63) is 35.3 Å². The van der Waals surface area contributed by atoms with E-state index < -0.39 is 0 Å². The lowest BCUT2D eigenvalue weighted by Gasteiger charge is -2.16. The SMILES string of the molecule is COCC(=O)NC[C@@H]1CCN(Cc2[nH]c3ccc(F)cc3c2C)C1. The minimum atomic E-state index is -0.204. The van der Waals surface area contributed by atoms with Gasteiger partial charge in [0.05, 0.1) is 0 Å². The van der Waals surface area contributed by atoms with E-state index in [0.29, 0.717) is 12.5 Å². The number of amides is 1. The fraction of sp³-hybridized carbons (Fsp3) is 0.500. The zero-order valence-corrected chi connectivity index (χ0v) is 14.2. The van der Waals surface area contributed by atoms with Gasteiger partial charge in [0.1, 0.15) is 12.4 Å². The van der Waals surface area contributed by atoms with Crippen LogP contribution in [0.2, 0.25) is 0 Å². The van der Waals surface area contributed by atoms with Crippen molar-refractivity contribution in [1.82, 2.24) is 15.2 Å². The maximum Gasteiger partial charge on any atom is 0.245 e. The first-order valence-electron chi connectivity index (χ1n) is 8.31. The zero-order chi connectivity index (χ0) is 17.1. The van der Waals surface area contributed by atoms with E-state index in [2.05, 4.69) is 15.2 Å². The lowest BCUT2D eigenvalue weighted by molar-refractivity contribution is -0.124. The fourth-order valence-corrected chi connectivity index (χ4v) is 3.40. The van der Waals surface area contributed by atoms with Gasteiger partial charge in [0.2, 0.25) is 5.91 Å². The molecule has 1 aliphatic rings. The second-order valence-corrected chi connectivity index (χ2v) is 6.55. The van der Waals surface area contributed by atoms with Gasteiger partial charge < -0.3 is 15.0 Å². The van der Waals surface area contributed by atoms with E-state index in [-0.39, 0.29) is 18.3 Å². The summed E-state index contributed by atoms with van der Waals surface area (Å²) in [5, 5.41) is 3.86. The molecule has 1 fully saturated rings. The topological polar surface area (TPSA) is 57.4 Å². The van der Waals surface area contributed by atoms with Crippen molar-refractivity contribution in [2.24, 2.45) is 5.92 Å². The molecule has 2 N–H and O–H groups in total. The van der Waals surface area contributed by atoms with E-state index in [1.165, 1.54) is 13.2 Å². The molecule has 130 valence electrons. The molecule has 6 heteroatoms. The number of halogens is 1. The molecule has 0 unspecified atom stereocenters. The van der Waals surface area contributed by atoms with Gasteiger partial charge in [-0.15, -0.1) is 0 Å². The second kappa shape index (κ2) is 7.32. The summed E-state index contributed by atoms with van der Waals surface area (Å²) in [7, 11) is 1.52. The highest BCUT2D eigenvalue weighted by Gasteiger charge is 2.24. The quantitative estimate of drug-likeness (QED) is 0.852. The minimum Gasteiger partial charge on any atom is -0.375 e. The zero-order valence-electron chi connectivity index (χ0n) is 14.2. The number of hydrogen-bond donors (Lipinski definition) is 2. The Morgan fingerprint density at radius 3 is 3.12 bits per heavy atom. The molecule has 2 heterocycles. The van der Waals surface area contributed by atoms with Crippen molar-refractivity contribution in [1.29, 1.82) is 0 Å². The molecular weight excluding hydrogens is 309 g/mol. The minimum absolute atomic E-state index is 0.0653. The van der Waals surface area contributed by atoms with Crippen LogP contribution in [0.1, 0.15) is 17.7 Å². The lowest BCUT2D eigenvalue weighted by atomic mass is 10.1. The summed E-state index contributed by atoms with van der Waals surface area (Å²) >= 11 is 0. The molecule has 1 saturated heterocycles. The van der Waals surface area contributed by atoms with Crippen LogP contribution in [0.15, 0.2) is 18.2 Å². The van der Waals surface area contributed by atoms with Gasteiger partial charge in [0, 0.05) is 43.3 Å². The number of aromatic nitrogens is 1. The predicted octanol–water partition coefficient (Wildman–Crippen LogP) is 2.20. The van der Waals surface area contributed by atoms with Gasteiger partial charge in [0.15, 0.2) is 0 Å². The smallest absolute Gasteiger partial charge is 0.245 e. The first-order valence-corrected chi connectivity index (χ1v) is 8.31. The third-order valence-electron chi connectivity index (χ3n) is 4.74. The molecule has 0 radical (unpaired) electrons. The third-order valence-corrected chi connectivity index (χ3v) is 4.74. The number of aryl methyl sites for hydroxylation is 1. The number of rotatable bonds is 6. The summed E-state index contributed by atoms with van der Waals surface area (Å²) in [6.07, 6.45) is 1.07. The molecule has 2 aromatic rings. The van der Waals surface area contributed by atoms with Gasteiger partial charge in [-0.3, -0.25) is 9.69 Å². The number of carbonyl (C=O) groups is 1. The fourth-order valence-electron chi connectivity index (χ4n) is 3.40. The summed E-state index contributed by atoms with van der Waals surface area (Å²) in [5.41, 5.74) is 3.23. The van der Waals surface area contributed by atoms with Crippen molar-refractivity contribution in [3.63, 3.8) is 0 Å². The van der Waals surface area contributed by atoms with Crippen LogP contribution in [-0.2, 0) is 16.1 Å². The van der Waals surface area contributed by atoms with Crippen LogP contribution in [-0.4, -0.2) is 49.1 Å². The van der Waals surface area contributed by atoms with Crippen molar-refractivity contribution in [2.75, 3.05) is 33.4 Å². The van der Waals surface area contributed by atoms with E-state index in [4.69, 9.17) is 4.74 Å². The maximum absolute atomic E-state index is 13.4. The molecule has 1 aromatic carbocycles. The number of methoxy groups -OCH3 is 1. The Morgan fingerprint density at radius 2 is 2.33 bits per heavy atom. The number of aromatic amines is 1. The first-order chi connectivity index (χ1) is 11.6. The summed E-state index contributed by atoms with van der Waals surface area (Å²) in [4.78, 5) is 17.2. The third kappa shape index (κ3) is 3.76. The molecule has 5 nitrogen and oxygen atoms in total. The van der Waals surface area contributed by atoms with Gasteiger partial charge >= 0.3 is 0 Å². The summed E-state index contributed by atoms with van der Waals surface area (Å²) in [6.45, 7) is 5.62. The molecule has 1 amide bonds. The number of fused-ring (bicyclic) bond motifs is 1. The van der Waals surface area contributed by atoms with E-state index in [0.717, 1.165) is 48.2 Å². The van der Waals surface area contributed by atoms with Crippen molar-refractivity contribution in [3.8, 4) is 0 Å². The second-order valence-electron chi connectivity index (χ2n) is 6.55. The monoisotopic (exact) mass is 333 g/mol. The summed E-state index contributed by atoms with van der Waals surface area (Å²) in [6, 6.07) is 4.86. The van der Waals surface area contributed by atoms with Gasteiger partial charge in [-0.2, -0.15) is 0 Å². The molecule has 1 aliphatic heterocycles. The van der Waals surface area contributed by atoms with Crippen LogP contribution in [0, 0.1) is 18.7 Å². The lowest BCUT2D eigenvalue weighted by Crippen LogP contribution is -2.33. The van der Waals surface area contributed by atoms with E-state index in [9.17, 15) is 9.18 Å². The molecule has 0 saturated carbocycles. The van der Waals surface area contributed by atoms with E-state index in [1.807, 2.05) is 6.92 Å². The molecule has 24 heavy (non-hydrogen) atoms. The highest BCUT2D eigenvalue weighted by Crippen LogP contribution is 2.25. The number of nitrogens with zero attached hydrogens (tertiary/aromatic N) is 1. The normalized spacial score (nSPS) is 18.4. The Bertz CT molecular complexity index is 728. The largest absolute Gasteiger partial charge is 0.375 e. The molecular formula is C18H24FN3O2. The van der Waals surface area contributed by atoms with Crippen LogP contribution in [0.3, 0.4) is 0 Å². The number of ether oxygens (including phenoxy) is 1. The van der Waals surface area contributed by atoms with Gasteiger partial charge in [-0.1, -0.05) is 0 Å². The summed E-state index contributed by atoms with van der Waals surface area (Å²) < 4.78 is 18.2. The number of nitrogens with one attached hydrogen (secondary N) is 2. The number of benzene rings is 1. The first kappa shape index (κ1) is 16.9. The van der Waals surface area contributed by atoms with Crippen LogP contribution >= 0.6 is 0 Å². The van der Waals surface area contributed by atoms with Gasteiger partial charge in [-0.25, -0.2) is 4.39 Å². The van der Waals surface area contributed by atoms with Crippen LogP contribution in [0.4, 0.5) is 4.39 Å². The highest BCUT2D eigenvalue weighted by atomic mass is 19.1. The molecule has 0 bridgehead atoms. The van der Waals surface area contributed by atoms with Crippen molar-refractivity contribution in [2.45, 2.75) is 19.9 Å². The Balaban J connectivity index is 1.58. The number of hydrogen-bond acceptors (Lipinski definition) is 3. The Kier molecular flexibility index (Phi) is 5.16. The average Bonchev–Trinajstić information content (AvgIpc) is 3.12. The molecule has 1 aromatic heterocycles. The molecule has 3 rings (SSSR count).